The zero-order chi connectivity index (χ0) is 79.9. The van der Waals surface area contributed by atoms with Crippen molar-refractivity contribution in [2.24, 2.45) is 33.9 Å². The van der Waals surface area contributed by atoms with Gasteiger partial charge in [0.25, 0.3) is 0 Å². The molecule has 6 aromatic carbocycles. The zero-order valence-electron chi connectivity index (χ0n) is 66.8. The minimum atomic E-state index is -0.944. The van der Waals surface area contributed by atoms with Crippen molar-refractivity contribution in [1.29, 1.82) is 0 Å². The fraction of sp³-hybridized carbons (Fsp3) is 0.586. The second kappa shape index (κ2) is 40.4. The maximum absolute atomic E-state index is 9.54. The standard InChI is InChI=1S/C44H57N3O10.C43H54BrN3O10/c1-27-36(46-47-45)34(25-48-22-31-16-10-7-11-17-31)52-29(3)37(27)54-43-41-40(56-44(5,6)57-41)39(30(4)53-43)55-42-28(2)38(50-24-33-20-14-9-15-21-33)35(26-51-42)49-23-32-18-12-8-13-19-32;1-26-34(46-47-45)32(24-48-21-29-15-9-6-10-16-29)53-40(44)36(26)54-42-39-38(56-43(4,5)57-39)37(28(3)52-42)55-41-27(2)35(50-23-31-19-13-8-14-20-31)33(25-51-41)49-22-30-17-11-7-12-18-30/h7-21,27-30,34-43H,22-26H2,1-6H3;6-20,26-28,32-42H,21-25H2,1-5H3/t27?,28?,29-,30?,34?,35+,36+,37?,38?,39-,40?,41?,42-,43-;26?,27?,28?,32?,33-,34-,35?,36?,37+,38?,39?,40+,41+,42+/m01/s1. The van der Waals surface area contributed by atoms with Crippen LogP contribution in [0.4, 0.5) is 0 Å². The fourth-order valence-electron chi connectivity index (χ4n) is 16.5. The quantitative estimate of drug-likeness (QED) is 0.0175. The molecule has 114 heavy (non-hydrogen) atoms. The van der Waals surface area contributed by atoms with Crippen LogP contribution in [0.25, 0.3) is 20.9 Å². The molecule has 8 fully saturated rings. The van der Waals surface area contributed by atoms with Crippen LogP contribution < -0.4 is 0 Å². The minimum Gasteiger partial charge on any atom is -0.374 e. The lowest BCUT2D eigenvalue weighted by atomic mass is 9.86. The number of halogens is 1. The average Bonchev–Trinajstić information content (AvgIpc) is 1.60. The van der Waals surface area contributed by atoms with Crippen molar-refractivity contribution in [3.05, 3.63) is 236 Å². The van der Waals surface area contributed by atoms with Crippen molar-refractivity contribution in [3.8, 4) is 0 Å². The molecule has 0 spiro atoms. The van der Waals surface area contributed by atoms with Gasteiger partial charge < -0.3 is 94.7 Å². The number of azide groups is 2. The molecule has 14 rings (SSSR count). The largest absolute Gasteiger partial charge is 0.374 e. The summed E-state index contributed by atoms with van der Waals surface area (Å²) in [5.41, 5.74) is 25.4. The second-order valence-electron chi connectivity index (χ2n) is 31.8. The number of alkyl halides is 1. The molecule has 16 unspecified atom stereocenters. The van der Waals surface area contributed by atoms with Gasteiger partial charge in [-0.3, -0.25) is 0 Å². The summed E-state index contributed by atoms with van der Waals surface area (Å²) in [6.07, 6.45) is -11.0. The number of ether oxygens (including phenoxy) is 20. The van der Waals surface area contributed by atoms with Crippen LogP contribution in [0.2, 0.25) is 0 Å². The van der Waals surface area contributed by atoms with Crippen LogP contribution in [-0.2, 0) is 134 Å². The highest BCUT2D eigenvalue weighted by Crippen LogP contribution is 2.46. The molecular weight excluding hydrogens is 1530 g/mol. The summed E-state index contributed by atoms with van der Waals surface area (Å²) in [4.78, 5) is 6.31. The van der Waals surface area contributed by atoms with E-state index in [-0.39, 0.29) is 80.6 Å². The highest BCUT2D eigenvalue weighted by molar-refractivity contribution is 9.09. The van der Waals surface area contributed by atoms with Crippen LogP contribution in [0, 0.1) is 23.7 Å². The maximum atomic E-state index is 9.54. The number of hydrogen-bond acceptors (Lipinski definition) is 22. The summed E-state index contributed by atoms with van der Waals surface area (Å²) in [7, 11) is 0. The number of benzene rings is 6. The lowest BCUT2D eigenvalue weighted by Crippen LogP contribution is -2.62. The number of rotatable bonds is 30. The second-order valence-corrected chi connectivity index (χ2v) is 32.7. The average molecular weight is 1640 g/mol. The van der Waals surface area contributed by atoms with Crippen LogP contribution in [-0.4, -0.2) is 184 Å². The predicted octanol–water partition coefficient (Wildman–Crippen LogP) is 15.3. The van der Waals surface area contributed by atoms with Crippen molar-refractivity contribution < 1.29 is 94.7 Å². The van der Waals surface area contributed by atoms with Gasteiger partial charge in [-0.1, -0.05) is 236 Å². The third-order valence-corrected chi connectivity index (χ3v) is 23.1. The first-order valence-electron chi connectivity index (χ1n) is 40.0. The van der Waals surface area contributed by atoms with Gasteiger partial charge in [-0.15, -0.1) is 0 Å². The van der Waals surface area contributed by atoms with Gasteiger partial charge in [0.05, 0.1) is 133 Å². The Morgan fingerprint density at radius 3 is 1.04 bits per heavy atom. The fourth-order valence-corrected chi connectivity index (χ4v) is 17.4. The van der Waals surface area contributed by atoms with E-state index in [2.05, 4.69) is 62.0 Å². The minimum absolute atomic E-state index is 0.207. The SMILES string of the molecule is CC1C(OCc2ccccc2)[C@H](OCc2ccccc2)CO[C@H]1O[C@H]1C(C)O[C@@H](OC2C(C)[C@@H](N=[N+]=[N-])C(COCc3ccccc3)O[C@@H]2Br)C2OC(C)(C)OC21.CC1C(OCc2ccccc2)[C@H](OCc2ccccc2)CO[C@H]1O[C@H]1C(C)O[C@@H](OC2C(C)[C@@H](N=[N+]=[N-])C(COCc3ccccc3)O[C@H]2C)C2OC(C)(C)OC21. The van der Waals surface area contributed by atoms with Crippen molar-refractivity contribution in [2.75, 3.05) is 26.4 Å². The Kier molecular flexibility index (Phi) is 30.3. The van der Waals surface area contributed by atoms with Gasteiger partial charge in [0.1, 0.15) is 53.8 Å². The van der Waals surface area contributed by atoms with E-state index < -0.39 is 127 Å². The van der Waals surface area contributed by atoms with Crippen LogP contribution in [0.1, 0.15) is 110 Å². The Balaban J connectivity index is 0.000000199. The molecule has 8 saturated heterocycles. The van der Waals surface area contributed by atoms with Crippen molar-refractivity contribution in [2.45, 2.75) is 273 Å². The van der Waals surface area contributed by atoms with E-state index >= 15 is 0 Å². The van der Waals surface area contributed by atoms with Crippen LogP contribution in [0.5, 0.6) is 0 Å². The van der Waals surface area contributed by atoms with Gasteiger partial charge in [-0.25, -0.2) is 0 Å². The van der Waals surface area contributed by atoms with Crippen molar-refractivity contribution >= 4 is 15.9 Å². The van der Waals surface area contributed by atoms with E-state index in [1.165, 1.54) is 0 Å². The Morgan fingerprint density at radius 1 is 0.360 bits per heavy atom. The summed E-state index contributed by atoms with van der Waals surface area (Å²) in [6, 6.07) is 59.1. The Morgan fingerprint density at radius 2 is 0.667 bits per heavy atom. The first kappa shape index (κ1) is 85.5. The smallest absolute Gasteiger partial charge is 0.187 e. The Labute approximate surface area is 677 Å². The summed E-state index contributed by atoms with van der Waals surface area (Å²) in [5.74, 6) is -2.79. The molecule has 27 heteroatoms. The molecule has 0 radical (unpaired) electrons. The molecule has 8 heterocycles. The predicted molar refractivity (Wildman–Crippen MR) is 422 cm³/mol. The highest BCUT2D eigenvalue weighted by atomic mass is 79.9. The van der Waals surface area contributed by atoms with Gasteiger partial charge in [-0.2, -0.15) is 0 Å². The molecule has 26 nitrogen and oxygen atoms in total. The summed E-state index contributed by atoms with van der Waals surface area (Å²) in [5, 5.41) is 7.73. The molecule has 0 amide bonds. The molecule has 0 N–H and O–H groups in total. The van der Waals surface area contributed by atoms with Crippen LogP contribution >= 0.6 is 15.9 Å². The van der Waals surface area contributed by atoms with Crippen molar-refractivity contribution in [1.82, 2.24) is 0 Å². The zero-order valence-corrected chi connectivity index (χ0v) is 68.4. The van der Waals surface area contributed by atoms with Crippen LogP contribution in [0.15, 0.2) is 192 Å². The van der Waals surface area contributed by atoms with E-state index in [0.29, 0.717) is 39.6 Å². The molecule has 8 aliphatic rings. The highest BCUT2D eigenvalue weighted by Gasteiger charge is 2.61. The molecule has 616 valence electrons. The first-order chi connectivity index (χ1) is 55.2. The molecule has 0 aliphatic carbocycles. The normalized spacial score (nSPS) is 36.2. The van der Waals surface area contributed by atoms with E-state index in [0.717, 1.165) is 33.4 Å². The van der Waals surface area contributed by atoms with Gasteiger partial charge in [0, 0.05) is 21.7 Å². The number of hydrogen-bond donors (Lipinski definition) is 0. The Hall–Kier alpha value is -6.38. The van der Waals surface area contributed by atoms with E-state index in [1.54, 1.807) is 0 Å². The summed E-state index contributed by atoms with van der Waals surface area (Å²) >= 11 is 3.71. The van der Waals surface area contributed by atoms with E-state index in [4.69, 9.17) is 94.7 Å². The summed E-state index contributed by atoms with van der Waals surface area (Å²) < 4.78 is 130. The third-order valence-electron chi connectivity index (χ3n) is 22.4. The summed E-state index contributed by atoms with van der Waals surface area (Å²) in [6.45, 7) is 25.1. The molecule has 8 aliphatic heterocycles. The van der Waals surface area contributed by atoms with Crippen molar-refractivity contribution in [3.63, 3.8) is 0 Å². The maximum Gasteiger partial charge on any atom is 0.187 e. The monoisotopic (exact) mass is 1640 g/mol. The van der Waals surface area contributed by atoms with E-state index in [9.17, 15) is 11.1 Å². The molecular formula is C87H111BrN6O20. The first-order valence-corrected chi connectivity index (χ1v) is 40.9. The molecule has 0 aromatic heterocycles. The third kappa shape index (κ3) is 21.9. The van der Waals surface area contributed by atoms with E-state index in [1.807, 2.05) is 232 Å². The number of nitrogens with zero attached hydrogens (tertiary/aromatic N) is 6. The number of fused-ring (bicyclic) bond motifs is 2. The molecule has 0 bridgehead atoms. The molecule has 6 aromatic rings. The molecule has 28 atom stereocenters. The lowest BCUT2D eigenvalue weighted by Gasteiger charge is -2.48. The topological polar surface area (TPSA) is 282 Å². The lowest BCUT2D eigenvalue weighted by molar-refractivity contribution is -0.340. The van der Waals surface area contributed by atoms with Gasteiger partial charge in [0.2, 0.25) is 0 Å². The molecule has 0 saturated carbocycles. The Bertz CT molecular complexity index is 3730. The van der Waals surface area contributed by atoms with Gasteiger partial charge >= 0.3 is 0 Å². The van der Waals surface area contributed by atoms with Gasteiger partial charge in [-0.05, 0) is 105 Å². The van der Waals surface area contributed by atoms with Gasteiger partial charge in [0.15, 0.2) is 36.7 Å². The van der Waals surface area contributed by atoms with Crippen LogP contribution in [0.3, 0.4) is 0 Å².